The van der Waals surface area contributed by atoms with Gasteiger partial charge in [-0.25, -0.2) is 0 Å². The van der Waals surface area contributed by atoms with Crippen molar-refractivity contribution in [2.75, 3.05) is 18.5 Å². The number of nitrogens with zero attached hydrogens (tertiary/aromatic N) is 1. The second kappa shape index (κ2) is 2.76. The van der Waals surface area contributed by atoms with Gasteiger partial charge in [-0.15, -0.1) is 0 Å². The Morgan fingerprint density at radius 3 is 3.00 bits per heavy atom. The molecule has 0 saturated heterocycles. The van der Waals surface area contributed by atoms with E-state index in [4.69, 9.17) is 0 Å². The van der Waals surface area contributed by atoms with Gasteiger partial charge in [-0.05, 0) is 24.1 Å². The van der Waals surface area contributed by atoms with Crippen molar-refractivity contribution in [1.82, 2.24) is 0 Å². The normalized spacial score (nSPS) is 14.4. The van der Waals surface area contributed by atoms with Gasteiger partial charge in [0, 0.05) is 19.3 Å². The second-order valence-electron chi connectivity index (χ2n) is 3.29. The Labute approximate surface area is 76.6 Å². The Balaban J connectivity index is 2.64. The minimum Gasteiger partial charge on any atom is -0.507 e. The molecule has 3 nitrogen and oxygen atoms in total. The van der Waals surface area contributed by atoms with E-state index in [0.29, 0.717) is 5.56 Å². The fraction of sp³-hybridized carbons (Fsp3) is 0.300. The van der Waals surface area contributed by atoms with Crippen LogP contribution < -0.4 is 4.90 Å². The number of aromatic hydroxyl groups is 1. The molecule has 0 bridgehead atoms. The molecule has 1 heterocycles. The lowest BCUT2D eigenvalue weighted by Crippen LogP contribution is -2.12. The molecular weight excluding hydrogens is 166 g/mol. The van der Waals surface area contributed by atoms with Crippen molar-refractivity contribution in [3.8, 4) is 5.75 Å². The average molecular weight is 177 g/mol. The topological polar surface area (TPSA) is 40.5 Å². The summed E-state index contributed by atoms with van der Waals surface area (Å²) in [7, 11) is 1.98. The van der Waals surface area contributed by atoms with E-state index in [2.05, 4.69) is 4.90 Å². The summed E-state index contributed by atoms with van der Waals surface area (Å²) in [4.78, 5) is 12.8. The third-order valence-corrected chi connectivity index (χ3v) is 2.54. The number of aldehydes is 1. The molecule has 1 aromatic rings. The molecule has 0 amide bonds. The number of rotatable bonds is 1. The smallest absolute Gasteiger partial charge is 0.154 e. The lowest BCUT2D eigenvalue weighted by Gasteiger charge is -2.12. The molecule has 1 N–H and O–H groups in total. The molecular formula is C10H11NO2. The molecule has 0 aliphatic carbocycles. The molecule has 1 aromatic carbocycles. The maximum Gasteiger partial charge on any atom is 0.154 e. The highest BCUT2D eigenvalue weighted by atomic mass is 16.3. The third-order valence-electron chi connectivity index (χ3n) is 2.54. The lowest BCUT2D eigenvalue weighted by atomic mass is 10.1. The number of benzene rings is 1. The second-order valence-corrected chi connectivity index (χ2v) is 3.29. The van der Waals surface area contributed by atoms with Gasteiger partial charge in [-0.3, -0.25) is 4.79 Å². The van der Waals surface area contributed by atoms with Crippen LogP contribution in [0.5, 0.6) is 5.75 Å². The number of phenols is 1. The zero-order valence-corrected chi connectivity index (χ0v) is 7.45. The van der Waals surface area contributed by atoms with Gasteiger partial charge in [0.25, 0.3) is 0 Å². The summed E-state index contributed by atoms with van der Waals surface area (Å²) in [6.45, 7) is 0.916. The Morgan fingerprint density at radius 2 is 2.31 bits per heavy atom. The SMILES string of the molecule is CN1CCc2c1ccc(O)c2C=O. The molecule has 3 heteroatoms. The van der Waals surface area contributed by atoms with Crippen LogP contribution in [-0.2, 0) is 6.42 Å². The van der Waals surface area contributed by atoms with Gasteiger partial charge in [-0.1, -0.05) is 0 Å². The van der Waals surface area contributed by atoms with E-state index >= 15 is 0 Å². The van der Waals surface area contributed by atoms with E-state index in [9.17, 15) is 9.90 Å². The zero-order valence-electron chi connectivity index (χ0n) is 7.45. The van der Waals surface area contributed by atoms with Gasteiger partial charge >= 0.3 is 0 Å². The Kier molecular flexibility index (Phi) is 1.72. The summed E-state index contributed by atoms with van der Waals surface area (Å²) in [5.41, 5.74) is 2.47. The predicted octanol–water partition coefficient (Wildman–Crippen LogP) is 1.20. The molecule has 2 rings (SSSR count). The van der Waals surface area contributed by atoms with Crippen LogP contribution in [0.25, 0.3) is 0 Å². The molecule has 0 saturated carbocycles. The predicted molar refractivity (Wildman–Crippen MR) is 50.5 cm³/mol. The van der Waals surface area contributed by atoms with Gasteiger partial charge in [0.2, 0.25) is 0 Å². The molecule has 0 radical (unpaired) electrons. The molecule has 0 unspecified atom stereocenters. The summed E-state index contributed by atoms with van der Waals surface area (Å²) >= 11 is 0. The first kappa shape index (κ1) is 8.10. The monoisotopic (exact) mass is 177 g/mol. The molecule has 0 fully saturated rings. The van der Waals surface area contributed by atoms with Crippen molar-refractivity contribution in [2.24, 2.45) is 0 Å². The number of fused-ring (bicyclic) bond motifs is 1. The number of phenolic OH excluding ortho intramolecular Hbond substituents is 1. The van der Waals surface area contributed by atoms with Gasteiger partial charge < -0.3 is 10.0 Å². The molecule has 0 aromatic heterocycles. The number of hydrogen-bond donors (Lipinski definition) is 1. The number of hydrogen-bond acceptors (Lipinski definition) is 3. The summed E-state index contributed by atoms with van der Waals surface area (Å²) < 4.78 is 0. The van der Waals surface area contributed by atoms with Crippen LogP contribution in [0.2, 0.25) is 0 Å². The number of carbonyl (C=O) groups excluding carboxylic acids is 1. The van der Waals surface area contributed by atoms with Crippen LogP contribution >= 0.6 is 0 Å². The van der Waals surface area contributed by atoms with Crippen LogP contribution in [0, 0.1) is 0 Å². The van der Waals surface area contributed by atoms with E-state index < -0.39 is 0 Å². The number of anilines is 1. The largest absolute Gasteiger partial charge is 0.507 e. The van der Waals surface area contributed by atoms with Crippen molar-refractivity contribution in [3.63, 3.8) is 0 Å². The third kappa shape index (κ3) is 1.08. The quantitative estimate of drug-likeness (QED) is 0.655. The highest BCUT2D eigenvalue weighted by Gasteiger charge is 2.20. The van der Waals surface area contributed by atoms with E-state index in [1.54, 1.807) is 6.07 Å². The highest BCUT2D eigenvalue weighted by Crippen LogP contribution is 2.33. The molecule has 1 aliphatic heterocycles. The standard InChI is InChI=1S/C10H11NO2/c1-11-5-4-7-8(6-12)10(13)3-2-9(7)11/h2-3,6,13H,4-5H2,1H3. The highest BCUT2D eigenvalue weighted by molar-refractivity contribution is 5.86. The molecule has 13 heavy (non-hydrogen) atoms. The van der Waals surface area contributed by atoms with Crippen molar-refractivity contribution in [1.29, 1.82) is 0 Å². The molecule has 0 spiro atoms. The first-order valence-corrected chi connectivity index (χ1v) is 4.25. The first-order chi connectivity index (χ1) is 6.24. The van der Waals surface area contributed by atoms with Crippen molar-refractivity contribution in [3.05, 3.63) is 23.3 Å². The van der Waals surface area contributed by atoms with Crippen LogP contribution in [0.4, 0.5) is 5.69 Å². The first-order valence-electron chi connectivity index (χ1n) is 4.25. The summed E-state index contributed by atoms with van der Waals surface area (Å²) in [5.74, 6) is 0.0871. The van der Waals surface area contributed by atoms with E-state index in [1.807, 2.05) is 13.1 Å². The van der Waals surface area contributed by atoms with Crippen molar-refractivity contribution in [2.45, 2.75) is 6.42 Å². The number of likely N-dealkylation sites (N-methyl/N-ethyl adjacent to an activating group) is 1. The minimum atomic E-state index is 0.0871. The van der Waals surface area contributed by atoms with Crippen molar-refractivity contribution < 1.29 is 9.90 Å². The van der Waals surface area contributed by atoms with Gasteiger partial charge in [0.05, 0.1) is 5.56 Å². The maximum absolute atomic E-state index is 10.7. The minimum absolute atomic E-state index is 0.0871. The van der Waals surface area contributed by atoms with E-state index in [0.717, 1.165) is 30.5 Å². The van der Waals surface area contributed by atoms with E-state index in [1.165, 1.54) is 0 Å². The van der Waals surface area contributed by atoms with Crippen LogP contribution in [0.15, 0.2) is 12.1 Å². The summed E-state index contributed by atoms with van der Waals surface area (Å²) in [5, 5.41) is 9.41. The molecule has 68 valence electrons. The van der Waals surface area contributed by atoms with Crippen LogP contribution in [-0.4, -0.2) is 25.0 Å². The van der Waals surface area contributed by atoms with Gasteiger partial charge in [0.1, 0.15) is 5.75 Å². The lowest BCUT2D eigenvalue weighted by molar-refractivity contribution is 0.112. The number of carbonyl (C=O) groups is 1. The van der Waals surface area contributed by atoms with Gasteiger partial charge in [0.15, 0.2) is 6.29 Å². The Morgan fingerprint density at radius 1 is 1.54 bits per heavy atom. The van der Waals surface area contributed by atoms with Gasteiger partial charge in [-0.2, -0.15) is 0 Å². The molecule has 0 atom stereocenters. The van der Waals surface area contributed by atoms with Crippen molar-refractivity contribution >= 4 is 12.0 Å². The Bertz CT molecular complexity index is 360. The molecule has 1 aliphatic rings. The van der Waals surface area contributed by atoms with Crippen LogP contribution in [0.3, 0.4) is 0 Å². The van der Waals surface area contributed by atoms with E-state index in [-0.39, 0.29) is 5.75 Å². The average Bonchev–Trinajstić information content (AvgIpc) is 2.48. The summed E-state index contributed by atoms with van der Waals surface area (Å²) in [6, 6.07) is 3.43. The fourth-order valence-corrected chi connectivity index (χ4v) is 1.79. The fourth-order valence-electron chi connectivity index (χ4n) is 1.79. The zero-order chi connectivity index (χ0) is 9.42. The summed E-state index contributed by atoms with van der Waals surface area (Å²) in [6.07, 6.45) is 1.57. The maximum atomic E-state index is 10.7. The van der Waals surface area contributed by atoms with Crippen LogP contribution in [0.1, 0.15) is 15.9 Å². The Hall–Kier alpha value is -1.51.